The normalized spacial score (nSPS) is 17.0. The van der Waals surface area contributed by atoms with E-state index in [0.29, 0.717) is 56.3 Å². The number of carbonyl (C=O) groups excluding carboxylic acids is 2. The number of nitrogens with zero attached hydrogens (tertiary/aromatic N) is 5. The van der Waals surface area contributed by atoms with E-state index in [0.717, 1.165) is 29.8 Å². The molecule has 0 saturated carbocycles. The van der Waals surface area contributed by atoms with E-state index in [2.05, 4.69) is 10.0 Å². The number of ether oxygens (including phenoxy) is 2. The summed E-state index contributed by atoms with van der Waals surface area (Å²) in [4.78, 5) is 41.7. The molecule has 1 fully saturated rings. The summed E-state index contributed by atoms with van der Waals surface area (Å²) in [5, 5.41) is 17.1. The van der Waals surface area contributed by atoms with E-state index in [1.54, 1.807) is 24.3 Å². The van der Waals surface area contributed by atoms with Crippen LogP contribution in [-0.4, -0.2) is 90.3 Å². The van der Waals surface area contributed by atoms with Gasteiger partial charge in [-0.1, -0.05) is 12.1 Å². The number of alkyl halides is 3. The number of benzene rings is 3. The zero-order valence-electron chi connectivity index (χ0n) is 25.0. The predicted octanol–water partition coefficient (Wildman–Crippen LogP) is 4.77. The molecule has 11 nitrogen and oxygen atoms in total. The smallest absolute Gasteiger partial charge is 0.416 e. The third-order valence-electron chi connectivity index (χ3n) is 7.94. The van der Waals surface area contributed by atoms with Crippen molar-refractivity contribution in [1.29, 1.82) is 0 Å². The molecule has 0 N–H and O–H groups in total. The molecule has 0 radical (unpaired) electrons. The molecule has 0 aliphatic carbocycles. The van der Waals surface area contributed by atoms with E-state index < -0.39 is 34.5 Å². The van der Waals surface area contributed by atoms with E-state index in [4.69, 9.17) is 9.47 Å². The van der Waals surface area contributed by atoms with Gasteiger partial charge in [0.25, 0.3) is 17.5 Å². The average Bonchev–Trinajstić information content (AvgIpc) is 3.52. The lowest BCUT2D eigenvalue weighted by Gasteiger charge is -2.31. The summed E-state index contributed by atoms with van der Waals surface area (Å²) in [6.45, 7) is 2.55. The number of nitro groups is 1. The van der Waals surface area contributed by atoms with Crippen LogP contribution < -0.4 is 4.74 Å². The number of hydrazone groups is 1. The van der Waals surface area contributed by atoms with Crippen molar-refractivity contribution in [3.63, 3.8) is 0 Å². The van der Waals surface area contributed by atoms with Gasteiger partial charge in [-0.05, 0) is 59.7 Å². The molecule has 2 aliphatic rings. The van der Waals surface area contributed by atoms with Gasteiger partial charge in [0, 0.05) is 50.3 Å². The molecule has 2 amide bonds. The van der Waals surface area contributed by atoms with Crippen molar-refractivity contribution in [2.75, 3.05) is 53.0 Å². The molecule has 0 bridgehead atoms. The third kappa shape index (κ3) is 7.69. The minimum Gasteiger partial charge on any atom is -0.497 e. The fourth-order valence-corrected chi connectivity index (χ4v) is 5.34. The van der Waals surface area contributed by atoms with E-state index >= 15 is 0 Å². The van der Waals surface area contributed by atoms with Crippen LogP contribution in [0.3, 0.4) is 0 Å². The fraction of sp³-hybridized carbons (Fsp3) is 0.344. The lowest BCUT2D eigenvalue weighted by Crippen LogP contribution is -2.46. The van der Waals surface area contributed by atoms with Crippen LogP contribution >= 0.6 is 0 Å². The van der Waals surface area contributed by atoms with Crippen LogP contribution in [0, 0.1) is 10.1 Å². The summed E-state index contributed by atoms with van der Waals surface area (Å²) in [6.07, 6.45) is -4.25. The van der Waals surface area contributed by atoms with Crippen LogP contribution in [-0.2, 0) is 15.7 Å². The van der Waals surface area contributed by atoms with Crippen LogP contribution in [0.4, 0.5) is 18.9 Å². The number of rotatable bonds is 10. The minimum absolute atomic E-state index is 0.0194. The number of non-ortho nitro benzene ring substituents is 1. The van der Waals surface area contributed by atoms with Crippen molar-refractivity contribution < 1.29 is 37.2 Å². The first-order chi connectivity index (χ1) is 22.0. The van der Waals surface area contributed by atoms with E-state index in [1.807, 2.05) is 12.1 Å². The van der Waals surface area contributed by atoms with Gasteiger partial charge in [0.05, 0.1) is 42.6 Å². The summed E-state index contributed by atoms with van der Waals surface area (Å²) in [5.41, 5.74) is 0.935. The Kier molecular flexibility index (Phi) is 9.97. The molecule has 1 atom stereocenters. The second-order valence-electron chi connectivity index (χ2n) is 10.8. The van der Waals surface area contributed by atoms with Gasteiger partial charge in [-0.25, -0.2) is 5.01 Å². The molecule has 2 heterocycles. The Morgan fingerprint density at radius 3 is 2.26 bits per heavy atom. The van der Waals surface area contributed by atoms with Gasteiger partial charge in [0.1, 0.15) is 12.3 Å². The molecule has 1 saturated heterocycles. The predicted molar refractivity (Wildman–Crippen MR) is 161 cm³/mol. The Balaban J connectivity index is 1.42. The lowest BCUT2D eigenvalue weighted by atomic mass is 9.98. The zero-order valence-corrected chi connectivity index (χ0v) is 25.0. The minimum atomic E-state index is -4.56. The fourth-order valence-electron chi connectivity index (χ4n) is 5.34. The molecular weight excluding hydrogens is 607 g/mol. The number of hydrogen-bond donors (Lipinski definition) is 0. The maximum atomic E-state index is 14.0. The summed E-state index contributed by atoms with van der Waals surface area (Å²) in [5.74, 6) is -0.470. The van der Waals surface area contributed by atoms with Crippen molar-refractivity contribution in [2.24, 2.45) is 5.10 Å². The number of hydrogen-bond acceptors (Lipinski definition) is 8. The SMILES string of the molecule is COc1ccc([C@@H]2CC(c3ccc([N+](=O)[O-])cc3)=NN2C(=O)CN(CCN2CCOCC2)C(=O)c2ccc(C(F)(F)F)cc2)cc1. The molecule has 0 unspecified atom stereocenters. The number of nitro benzene ring substituents is 1. The number of halogens is 3. The summed E-state index contributed by atoms with van der Waals surface area (Å²) < 4.78 is 50.2. The number of amides is 2. The molecular formula is C32H32F3N5O6. The Hall–Kier alpha value is -4.82. The highest BCUT2D eigenvalue weighted by Crippen LogP contribution is 2.34. The standard InChI is InChI=1S/C32H32F3N5O6/c1-45-27-12-6-23(7-13-27)29-20-28(22-4-10-26(11-5-22)40(43)44)36-39(29)30(41)21-38(15-14-37-16-18-46-19-17-37)31(42)24-2-8-25(9-3-24)32(33,34)35/h2-13,29H,14-21H2,1H3/t29-/m0/s1. The van der Waals surface area contributed by atoms with Gasteiger partial charge < -0.3 is 14.4 Å². The Labute approximate surface area is 262 Å². The van der Waals surface area contributed by atoms with Crippen molar-refractivity contribution >= 4 is 23.2 Å². The average molecular weight is 640 g/mol. The van der Waals surface area contributed by atoms with Crippen LogP contribution in [0.15, 0.2) is 77.9 Å². The zero-order chi connectivity index (χ0) is 32.8. The van der Waals surface area contributed by atoms with Crippen molar-refractivity contribution in [1.82, 2.24) is 14.8 Å². The molecule has 242 valence electrons. The van der Waals surface area contributed by atoms with E-state index in [9.17, 15) is 32.9 Å². The maximum absolute atomic E-state index is 14.0. The first-order valence-corrected chi connectivity index (χ1v) is 14.6. The first-order valence-electron chi connectivity index (χ1n) is 14.6. The highest BCUT2D eigenvalue weighted by atomic mass is 19.4. The molecule has 3 aromatic rings. The number of carbonyl (C=O) groups is 2. The van der Waals surface area contributed by atoms with Crippen LogP contribution in [0.1, 0.15) is 39.5 Å². The monoisotopic (exact) mass is 639 g/mol. The van der Waals surface area contributed by atoms with Gasteiger partial charge in [0.2, 0.25) is 0 Å². The lowest BCUT2D eigenvalue weighted by molar-refractivity contribution is -0.384. The highest BCUT2D eigenvalue weighted by molar-refractivity contribution is 6.04. The third-order valence-corrected chi connectivity index (χ3v) is 7.94. The van der Waals surface area contributed by atoms with Crippen LogP contribution in [0.25, 0.3) is 0 Å². The summed E-state index contributed by atoms with van der Waals surface area (Å²) >= 11 is 0. The maximum Gasteiger partial charge on any atom is 0.416 e. The second kappa shape index (κ2) is 14.1. The van der Waals surface area contributed by atoms with Gasteiger partial charge in [0.15, 0.2) is 0 Å². The molecule has 0 aromatic heterocycles. The molecule has 3 aromatic carbocycles. The highest BCUT2D eigenvalue weighted by Gasteiger charge is 2.35. The van der Waals surface area contributed by atoms with E-state index in [1.165, 1.54) is 29.2 Å². The Morgan fingerprint density at radius 1 is 1.02 bits per heavy atom. The largest absolute Gasteiger partial charge is 0.497 e. The van der Waals surface area contributed by atoms with Crippen molar-refractivity contribution in [3.8, 4) is 5.75 Å². The summed E-state index contributed by atoms with van der Waals surface area (Å²) in [6, 6.07) is 16.3. The molecule has 46 heavy (non-hydrogen) atoms. The van der Waals surface area contributed by atoms with Gasteiger partial charge >= 0.3 is 6.18 Å². The summed E-state index contributed by atoms with van der Waals surface area (Å²) in [7, 11) is 1.54. The van der Waals surface area contributed by atoms with E-state index in [-0.39, 0.29) is 24.3 Å². The van der Waals surface area contributed by atoms with Gasteiger partial charge in [-0.15, -0.1) is 0 Å². The Bertz CT molecular complexity index is 1570. The van der Waals surface area contributed by atoms with Crippen molar-refractivity contribution in [3.05, 3.63) is 105 Å². The number of methoxy groups -OCH3 is 1. The topological polar surface area (TPSA) is 118 Å². The van der Waals surface area contributed by atoms with Crippen LogP contribution in [0.5, 0.6) is 5.75 Å². The van der Waals surface area contributed by atoms with Gasteiger partial charge in [-0.3, -0.25) is 24.6 Å². The molecule has 5 rings (SSSR count). The Morgan fingerprint density at radius 2 is 1.67 bits per heavy atom. The van der Waals surface area contributed by atoms with Crippen LogP contribution in [0.2, 0.25) is 0 Å². The second-order valence-corrected chi connectivity index (χ2v) is 10.8. The number of morpholine rings is 1. The van der Waals surface area contributed by atoms with Crippen molar-refractivity contribution in [2.45, 2.75) is 18.6 Å². The van der Waals surface area contributed by atoms with Gasteiger partial charge in [-0.2, -0.15) is 18.3 Å². The molecule has 14 heteroatoms. The molecule has 2 aliphatic heterocycles. The first kappa shape index (κ1) is 32.6. The quantitative estimate of drug-likeness (QED) is 0.232. The molecule has 0 spiro atoms.